The van der Waals surface area contributed by atoms with E-state index in [4.69, 9.17) is 15.5 Å². The van der Waals surface area contributed by atoms with Gasteiger partial charge < -0.3 is 15.5 Å². The summed E-state index contributed by atoms with van der Waals surface area (Å²) >= 11 is 0. The first-order valence-corrected chi connectivity index (χ1v) is 4.73. The maximum absolute atomic E-state index is 10.7. The molecule has 11 heavy (non-hydrogen) atoms. The van der Waals surface area contributed by atoms with E-state index in [9.17, 15) is 9.36 Å². The van der Waals surface area contributed by atoms with E-state index < -0.39 is 19.2 Å². The van der Waals surface area contributed by atoms with E-state index in [0.717, 1.165) is 0 Å². The van der Waals surface area contributed by atoms with Crippen LogP contribution in [0, 0.1) is 5.92 Å². The van der Waals surface area contributed by atoms with Crippen LogP contribution in [-0.4, -0.2) is 21.4 Å². The fraction of sp³-hybridized carbons (Fsp3) is 0.800. The lowest BCUT2D eigenvalue weighted by Gasteiger charge is -2.13. The largest absolute Gasteiger partial charge is 0.393 e. The van der Waals surface area contributed by atoms with Crippen molar-refractivity contribution >= 4 is 13.1 Å². The minimum atomic E-state index is -4.63. The first-order chi connectivity index (χ1) is 4.76. The molecule has 0 saturated carbocycles. The number of rotatable bonds is 3. The third-order valence-electron chi connectivity index (χ3n) is 1.29. The molecule has 0 aromatic rings. The number of hydrogen-bond donors (Lipinski definition) is 3. The van der Waals surface area contributed by atoms with Crippen molar-refractivity contribution < 1.29 is 19.1 Å². The van der Waals surface area contributed by atoms with Gasteiger partial charge in [-0.3, -0.25) is 9.36 Å². The number of carbonyl (C=O) groups excluding carboxylic acids is 1. The molecule has 0 radical (unpaired) electrons. The third kappa shape index (κ3) is 3.12. The summed E-state index contributed by atoms with van der Waals surface area (Å²) in [5, 5.41) is 0. The van der Waals surface area contributed by atoms with E-state index in [2.05, 4.69) is 0 Å². The fourth-order valence-corrected chi connectivity index (χ4v) is 1.17. The lowest BCUT2D eigenvalue weighted by molar-refractivity contribution is -0.115. The molecule has 0 aliphatic heterocycles. The fourth-order valence-electron chi connectivity index (χ4n) is 0.479. The van der Waals surface area contributed by atoms with Crippen LogP contribution >= 0.6 is 7.60 Å². The topological polar surface area (TPSA) is 101 Å². The average molecular weight is 181 g/mol. The molecule has 0 amide bonds. The van der Waals surface area contributed by atoms with E-state index in [-0.39, 0.29) is 5.92 Å². The number of carbonyl (C=O) groups is 1. The van der Waals surface area contributed by atoms with Gasteiger partial charge in [-0.2, -0.15) is 0 Å². The van der Waals surface area contributed by atoms with Gasteiger partial charge in [0.2, 0.25) is 0 Å². The highest BCUT2D eigenvalue weighted by Gasteiger charge is 2.32. The second-order valence-corrected chi connectivity index (χ2v) is 4.18. The van der Waals surface area contributed by atoms with Crippen LogP contribution in [0.2, 0.25) is 0 Å². The minimum Gasteiger partial charge on any atom is -0.321 e. The molecular formula is C5H12NO4P. The summed E-state index contributed by atoms with van der Waals surface area (Å²) in [6, 6.07) is -1.07. The third-order valence-corrected chi connectivity index (χ3v) is 2.16. The molecule has 0 heterocycles. The molecule has 0 saturated heterocycles. The Balaban J connectivity index is 4.39. The summed E-state index contributed by atoms with van der Waals surface area (Å²) in [7, 11) is -4.63. The van der Waals surface area contributed by atoms with Crippen LogP contribution < -0.4 is 5.73 Å². The molecule has 0 fully saturated rings. The van der Waals surface area contributed by atoms with E-state index in [1.165, 1.54) is 0 Å². The van der Waals surface area contributed by atoms with Gasteiger partial charge in [-0.15, -0.1) is 0 Å². The molecule has 0 rings (SSSR count). The highest BCUT2D eigenvalue weighted by molar-refractivity contribution is 7.70. The SMILES string of the molecule is CC(C)C(N)C(=O)P(=O)(O)O. The molecule has 1 unspecified atom stereocenters. The van der Waals surface area contributed by atoms with Crippen molar-refractivity contribution in [1.29, 1.82) is 0 Å². The molecule has 0 aliphatic carbocycles. The van der Waals surface area contributed by atoms with E-state index in [1.807, 2.05) is 0 Å². The Bertz CT molecular complexity index is 197. The van der Waals surface area contributed by atoms with Crippen LogP contribution in [0.15, 0.2) is 0 Å². The molecular weight excluding hydrogens is 169 g/mol. The lowest BCUT2D eigenvalue weighted by atomic mass is 10.1. The van der Waals surface area contributed by atoms with Gasteiger partial charge in [0.05, 0.1) is 6.04 Å². The van der Waals surface area contributed by atoms with Crippen molar-refractivity contribution in [3.8, 4) is 0 Å². The van der Waals surface area contributed by atoms with Crippen molar-refractivity contribution in [2.75, 3.05) is 0 Å². The molecule has 1 atom stereocenters. The zero-order chi connectivity index (χ0) is 9.23. The Morgan fingerprint density at radius 3 is 1.91 bits per heavy atom. The maximum atomic E-state index is 10.7. The molecule has 5 nitrogen and oxygen atoms in total. The van der Waals surface area contributed by atoms with Gasteiger partial charge in [-0.25, -0.2) is 0 Å². The Kier molecular flexibility index (Phi) is 3.38. The second kappa shape index (κ2) is 3.45. The predicted molar refractivity (Wildman–Crippen MR) is 39.9 cm³/mol. The zero-order valence-electron chi connectivity index (χ0n) is 6.39. The lowest BCUT2D eigenvalue weighted by Crippen LogP contribution is -2.35. The maximum Gasteiger partial charge on any atom is 0.393 e. The average Bonchev–Trinajstić information content (AvgIpc) is 1.82. The Morgan fingerprint density at radius 1 is 1.45 bits per heavy atom. The molecule has 66 valence electrons. The number of hydrogen-bond acceptors (Lipinski definition) is 3. The first kappa shape index (κ1) is 10.8. The summed E-state index contributed by atoms with van der Waals surface area (Å²) in [5.41, 5.74) is 4.02. The second-order valence-electron chi connectivity index (χ2n) is 2.65. The van der Waals surface area contributed by atoms with Gasteiger partial charge in [0.25, 0.3) is 5.52 Å². The molecule has 0 aromatic heterocycles. The van der Waals surface area contributed by atoms with Crippen LogP contribution in [0.1, 0.15) is 13.8 Å². The van der Waals surface area contributed by atoms with E-state index in [0.29, 0.717) is 0 Å². The van der Waals surface area contributed by atoms with Crippen LogP contribution in [-0.2, 0) is 9.36 Å². The van der Waals surface area contributed by atoms with Gasteiger partial charge in [0, 0.05) is 0 Å². The van der Waals surface area contributed by atoms with Gasteiger partial charge in [0.1, 0.15) is 0 Å². The Hall–Kier alpha value is -0.220. The summed E-state index contributed by atoms with van der Waals surface area (Å²) in [4.78, 5) is 27.5. The molecule has 6 heteroatoms. The molecule has 0 aliphatic rings. The first-order valence-electron chi connectivity index (χ1n) is 3.12. The van der Waals surface area contributed by atoms with Gasteiger partial charge in [-0.05, 0) is 5.92 Å². The van der Waals surface area contributed by atoms with Crippen molar-refractivity contribution in [2.45, 2.75) is 19.9 Å². The van der Waals surface area contributed by atoms with E-state index in [1.54, 1.807) is 13.8 Å². The normalized spacial score (nSPS) is 15.1. The van der Waals surface area contributed by atoms with E-state index >= 15 is 0 Å². The van der Waals surface area contributed by atoms with Crippen LogP contribution in [0.25, 0.3) is 0 Å². The summed E-state index contributed by atoms with van der Waals surface area (Å²) in [5.74, 6) is -0.255. The summed E-state index contributed by atoms with van der Waals surface area (Å²) in [6.45, 7) is 3.25. The highest BCUT2D eigenvalue weighted by atomic mass is 31.2. The van der Waals surface area contributed by atoms with Crippen LogP contribution in [0.4, 0.5) is 0 Å². The molecule has 0 spiro atoms. The predicted octanol–water partition coefficient (Wildman–Crippen LogP) is -0.326. The Morgan fingerprint density at radius 2 is 1.82 bits per heavy atom. The van der Waals surface area contributed by atoms with Crippen molar-refractivity contribution in [3.05, 3.63) is 0 Å². The smallest absolute Gasteiger partial charge is 0.321 e. The standard InChI is InChI=1S/C5H12NO4P/c1-3(2)4(6)5(7)11(8,9)10/h3-4H,6H2,1-2H3,(H2,8,9,10). The highest BCUT2D eigenvalue weighted by Crippen LogP contribution is 2.37. The van der Waals surface area contributed by atoms with Crippen molar-refractivity contribution in [2.24, 2.45) is 11.7 Å². The van der Waals surface area contributed by atoms with Crippen LogP contribution in [0.5, 0.6) is 0 Å². The Labute approximate surface area is 64.8 Å². The minimum absolute atomic E-state index is 0.255. The van der Waals surface area contributed by atoms with Gasteiger partial charge in [0.15, 0.2) is 0 Å². The quantitative estimate of drug-likeness (QED) is 0.518. The van der Waals surface area contributed by atoms with Gasteiger partial charge in [-0.1, -0.05) is 13.8 Å². The zero-order valence-corrected chi connectivity index (χ0v) is 7.28. The molecule has 0 bridgehead atoms. The molecule has 0 aromatic carbocycles. The molecule has 4 N–H and O–H groups in total. The van der Waals surface area contributed by atoms with Gasteiger partial charge >= 0.3 is 7.60 Å². The van der Waals surface area contributed by atoms with Crippen molar-refractivity contribution in [3.63, 3.8) is 0 Å². The number of nitrogens with two attached hydrogens (primary N) is 1. The van der Waals surface area contributed by atoms with Crippen molar-refractivity contribution in [1.82, 2.24) is 0 Å². The summed E-state index contributed by atoms with van der Waals surface area (Å²) < 4.78 is 10.3. The monoisotopic (exact) mass is 181 g/mol. The van der Waals surface area contributed by atoms with Crippen LogP contribution in [0.3, 0.4) is 0 Å². The summed E-state index contributed by atoms with van der Waals surface area (Å²) in [6.07, 6.45) is 0.